The van der Waals surface area contributed by atoms with E-state index in [-0.39, 0.29) is 5.54 Å². The molecule has 0 saturated carbocycles. The van der Waals surface area contributed by atoms with Crippen LogP contribution in [0.2, 0.25) is 0 Å². The second kappa shape index (κ2) is 12.2. The Bertz CT molecular complexity index is 2710. The summed E-state index contributed by atoms with van der Waals surface area (Å²) in [6.07, 6.45) is 2.01. The summed E-state index contributed by atoms with van der Waals surface area (Å²) in [6.45, 7) is 9.07. The number of hydrogen-bond donors (Lipinski definition) is 1. The van der Waals surface area contributed by atoms with Crippen molar-refractivity contribution >= 4 is 73.5 Å². The number of anilines is 1. The van der Waals surface area contributed by atoms with Crippen molar-refractivity contribution in [2.45, 2.75) is 46.1 Å². The van der Waals surface area contributed by atoms with Gasteiger partial charge in [-0.3, -0.25) is 0 Å². The molecule has 9 aromatic rings. The number of rotatable bonds is 7. The van der Waals surface area contributed by atoms with Crippen molar-refractivity contribution in [1.82, 2.24) is 0 Å². The molecule has 2 unspecified atom stereocenters. The third kappa shape index (κ3) is 4.83. The van der Waals surface area contributed by atoms with Gasteiger partial charge in [-0.2, -0.15) is 0 Å². The molecule has 0 saturated heterocycles. The highest BCUT2D eigenvalue weighted by Gasteiger charge is 2.30. The fourth-order valence-electron chi connectivity index (χ4n) is 8.42. The quantitative estimate of drug-likeness (QED) is 0.177. The van der Waals surface area contributed by atoms with E-state index in [0.29, 0.717) is 0 Å². The molecule has 244 valence electrons. The predicted octanol–water partition coefficient (Wildman–Crippen LogP) is 15.1. The third-order valence-electron chi connectivity index (χ3n) is 11.1. The highest BCUT2D eigenvalue weighted by molar-refractivity contribution is 7.69. The zero-order chi connectivity index (χ0) is 34.0. The van der Waals surface area contributed by atoms with Crippen LogP contribution in [-0.2, 0) is 5.54 Å². The molecule has 1 N–H and O–H groups in total. The molecular weight excluding hydrogens is 640 g/mol. The van der Waals surface area contributed by atoms with Gasteiger partial charge in [-0.25, -0.2) is 0 Å². The van der Waals surface area contributed by atoms with Crippen molar-refractivity contribution in [1.29, 1.82) is 0 Å². The summed E-state index contributed by atoms with van der Waals surface area (Å²) in [5, 5.41) is 21.2. The fraction of sp³-hybridized carbons (Fsp3) is 0.149. The lowest BCUT2D eigenvalue weighted by Crippen LogP contribution is -2.34. The molecule has 0 aliphatic heterocycles. The summed E-state index contributed by atoms with van der Waals surface area (Å²) in [4.78, 5) is 0. The molecule has 3 heteroatoms. The van der Waals surface area contributed by atoms with Crippen LogP contribution in [0.5, 0.6) is 0 Å². The van der Waals surface area contributed by atoms with E-state index in [0.717, 1.165) is 12.8 Å². The number of fused-ring (bicyclic) bond motifs is 8. The zero-order valence-electron chi connectivity index (χ0n) is 29.2. The van der Waals surface area contributed by atoms with Crippen LogP contribution in [0.4, 0.5) is 5.69 Å². The molecule has 2 aromatic heterocycles. The lowest BCUT2D eigenvalue weighted by atomic mass is 9.83. The smallest absolute Gasteiger partial charge is 0.0620 e. The molecule has 2 atom stereocenters. The molecule has 9 rings (SSSR count). The van der Waals surface area contributed by atoms with Crippen molar-refractivity contribution in [3.05, 3.63) is 162 Å². The van der Waals surface area contributed by atoms with Gasteiger partial charge < -0.3 is 5.32 Å². The maximum atomic E-state index is 4.07. The van der Waals surface area contributed by atoms with Crippen LogP contribution < -0.4 is 5.32 Å². The molecule has 0 bridgehead atoms. The number of aryl methyl sites for hydroxylation is 2. The second-order valence-corrected chi connectivity index (χ2v) is 18.2. The van der Waals surface area contributed by atoms with Gasteiger partial charge in [0.1, 0.15) is 0 Å². The van der Waals surface area contributed by atoms with Gasteiger partial charge in [0.05, 0.1) is 5.54 Å². The number of benzene rings is 7. The summed E-state index contributed by atoms with van der Waals surface area (Å²) in [5.41, 5.74) is 5.04. The molecule has 0 radical (unpaired) electrons. The van der Waals surface area contributed by atoms with Gasteiger partial charge >= 0.3 is 0 Å². The van der Waals surface area contributed by atoms with Crippen LogP contribution in [0.15, 0.2) is 146 Å². The Morgan fingerprint density at radius 3 is 1.82 bits per heavy atom. The van der Waals surface area contributed by atoms with Crippen LogP contribution in [0.1, 0.15) is 43.4 Å². The fourth-order valence-corrected chi connectivity index (χ4v) is 13.7. The van der Waals surface area contributed by atoms with E-state index >= 15 is 0 Å². The average Bonchev–Trinajstić information content (AvgIpc) is 3.66. The van der Waals surface area contributed by atoms with Gasteiger partial charge in [0.2, 0.25) is 0 Å². The predicted molar refractivity (Wildman–Crippen MR) is 224 cm³/mol. The molecule has 0 fully saturated rings. The summed E-state index contributed by atoms with van der Waals surface area (Å²) >= 11 is 0. The van der Waals surface area contributed by atoms with E-state index in [2.05, 4.69) is 179 Å². The largest absolute Gasteiger partial charge is 0.375 e. The maximum absolute atomic E-state index is 4.07. The molecule has 0 aliphatic carbocycles. The Hall–Kier alpha value is -4.80. The Kier molecular flexibility index (Phi) is 7.62. The topological polar surface area (TPSA) is 12.0 Å². The van der Waals surface area contributed by atoms with Crippen molar-refractivity contribution < 1.29 is 0 Å². The minimum absolute atomic E-state index is 0.164. The highest BCUT2D eigenvalue weighted by Crippen LogP contribution is 2.61. The minimum Gasteiger partial charge on any atom is -0.375 e. The molecule has 0 aliphatic rings. The summed E-state index contributed by atoms with van der Waals surface area (Å²) in [7, 11) is -1.42. The Morgan fingerprint density at radius 1 is 0.500 bits per heavy atom. The van der Waals surface area contributed by atoms with Crippen molar-refractivity contribution in [3.8, 4) is 10.6 Å². The standard InChI is InChI=1S/C47H41NP2/c1-5-47(6-2,48-41-25-21-31(3)27-32(41)4)34-23-24-38-39-29-45-40(30-44(39)50(43(38)28-34)36-18-11-8-12-19-36)46-37-20-14-13-15-33(37)22-26-42(46)49(45)35-16-9-7-10-17-35/h7-30,48H,5-6H2,1-4H3. The third-order valence-corrected chi connectivity index (χ3v) is 16.1. The van der Waals surface area contributed by atoms with Gasteiger partial charge in [0.15, 0.2) is 0 Å². The maximum Gasteiger partial charge on any atom is 0.0620 e. The SMILES string of the molecule is CCC(CC)(Nc1ccc(C)cc1C)c1ccc2c3cc4c(cc3p(-c3ccccc3)c2c1)c1c2ccccc2ccc1p4-c1ccccc1. The monoisotopic (exact) mass is 681 g/mol. The lowest BCUT2D eigenvalue weighted by Gasteiger charge is -2.35. The number of hydrogen-bond acceptors (Lipinski definition) is 1. The van der Waals surface area contributed by atoms with Crippen LogP contribution >= 0.6 is 15.1 Å². The van der Waals surface area contributed by atoms with Crippen LogP contribution in [0.3, 0.4) is 0 Å². The first-order chi connectivity index (χ1) is 24.5. The van der Waals surface area contributed by atoms with Gasteiger partial charge in [0.25, 0.3) is 0 Å². The van der Waals surface area contributed by atoms with Gasteiger partial charge in [-0.05, 0) is 106 Å². The van der Waals surface area contributed by atoms with E-state index in [4.69, 9.17) is 0 Å². The van der Waals surface area contributed by atoms with E-state index in [9.17, 15) is 0 Å². The van der Waals surface area contributed by atoms with Crippen molar-refractivity contribution in [2.24, 2.45) is 0 Å². The molecule has 2 heterocycles. The Balaban J connectivity index is 1.38. The van der Waals surface area contributed by atoms with Gasteiger partial charge in [-0.1, -0.05) is 150 Å². The van der Waals surface area contributed by atoms with Crippen LogP contribution in [-0.4, -0.2) is 0 Å². The Morgan fingerprint density at radius 2 is 1.12 bits per heavy atom. The average molecular weight is 682 g/mol. The van der Waals surface area contributed by atoms with E-state index in [1.54, 1.807) is 0 Å². The van der Waals surface area contributed by atoms with Gasteiger partial charge in [-0.15, -0.1) is 0 Å². The summed E-state index contributed by atoms with van der Waals surface area (Å²) in [5.74, 6) is 0. The normalized spacial score (nSPS) is 12.9. The van der Waals surface area contributed by atoms with E-state index in [1.807, 2.05) is 0 Å². The van der Waals surface area contributed by atoms with Crippen LogP contribution in [0.25, 0.3) is 63.4 Å². The zero-order valence-corrected chi connectivity index (χ0v) is 31.0. The summed E-state index contributed by atoms with van der Waals surface area (Å²) in [6, 6.07) is 55.7. The molecule has 1 nitrogen and oxygen atoms in total. The second-order valence-electron chi connectivity index (χ2n) is 13.9. The Labute approximate surface area is 296 Å². The molecule has 0 spiro atoms. The first kappa shape index (κ1) is 31.2. The van der Waals surface area contributed by atoms with Crippen molar-refractivity contribution in [3.63, 3.8) is 0 Å². The lowest BCUT2D eigenvalue weighted by molar-refractivity contribution is 0.455. The minimum atomic E-state index is -0.743. The van der Waals surface area contributed by atoms with Crippen molar-refractivity contribution in [2.75, 3.05) is 5.32 Å². The number of nitrogens with one attached hydrogen (secondary N) is 1. The summed E-state index contributed by atoms with van der Waals surface area (Å²) < 4.78 is 0. The molecule has 0 amide bonds. The molecular formula is C47H41NP2. The van der Waals surface area contributed by atoms with Crippen LogP contribution in [0, 0.1) is 13.8 Å². The van der Waals surface area contributed by atoms with E-state index in [1.165, 1.54) is 85.8 Å². The first-order valence-corrected chi connectivity index (χ1v) is 20.6. The highest BCUT2D eigenvalue weighted by atomic mass is 31.1. The van der Waals surface area contributed by atoms with E-state index < -0.39 is 15.1 Å². The molecule has 7 aromatic carbocycles. The van der Waals surface area contributed by atoms with Gasteiger partial charge in [0, 0.05) is 31.5 Å². The molecule has 50 heavy (non-hydrogen) atoms. The first-order valence-electron chi connectivity index (χ1n) is 17.9.